The van der Waals surface area contributed by atoms with Gasteiger partial charge in [0.15, 0.2) is 24.2 Å². The Hall–Kier alpha value is -1.98. The summed E-state index contributed by atoms with van der Waals surface area (Å²) < 4.78 is 68.5. The first-order valence-corrected chi connectivity index (χ1v) is 8.46. The highest BCUT2D eigenvalue weighted by atomic mass is 32.2. The van der Waals surface area contributed by atoms with Gasteiger partial charge in [0, 0.05) is 19.2 Å². The molecule has 0 saturated carbocycles. The predicted molar refractivity (Wildman–Crippen MR) is 77.3 cm³/mol. The van der Waals surface area contributed by atoms with Crippen LogP contribution in [0.1, 0.15) is 0 Å². The molecule has 134 valence electrons. The lowest BCUT2D eigenvalue weighted by molar-refractivity contribution is 0.0452. The third-order valence-electron chi connectivity index (χ3n) is 2.96. The summed E-state index contributed by atoms with van der Waals surface area (Å²) in [4.78, 5) is 12.8. The van der Waals surface area contributed by atoms with E-state index in [4.69, 9.17) is 9.47 Å². The van der Waals surface area contributed by atoms with Crippen LogP contribution in [0.4, 0.5) is 19.3 Å². The average molecular weight is 367 g/mol. The lowest BCUT2D eigenvalue weighted by atomic mass is 10.2. The Morgan fingerprint density at radius 3 is 2.50 bits per heavy atom. The van der Waals surface area contributed by atoms with Crippen LogP contribution in [-0.4, -0.2) is 53.9 Å². The van der Waals surface area contributed by atoms with Crippen molar-refractivity contribution >= 4 is 21.9 Å². The molecule has 0 aromatic heterocycles. The quantitative estimate of drug-likeness (QED) is 0.529. The zero-order valence-electron chi connectivity index (χ0n) is 12.8. The van der Waals surface area contributed by atoms with Crippen molar-refractivity contribution in [3.63, 3.8) is 0 Å². The molecule has 1 atom stereocenters. The molecule has 1 aromatic rings. The minimum Gasteiger partial charge on any atom is -0.461 e. The standard InChI is InChI=1S/C13H15F2NO7S/c1-20-7-21-12-10(14)3-8(4-11(12)15)16-5-9(23-13(16)17)6-22-24(2,18)19/h3-4,9H,5-7H2,1-2H3. The molecule has 24 heavy (non-hydrogen) atoms. The normalized spacial score (nSPS) is 17.9. The number of nitrogens with zero attached hydrogens (tertiary/aromatic N) is 1. The van der Waals surface area contributed by atoms with Gasteiger partial charge in [0.1, 0.15) is 12.7 Å². The van der Waals surface area contributed by atoms with Crippen molar-refractivity contribution < 1.29 is 40.4 Å². The van der Waals surface area contributed by atoms with Crippen molar-refractivity contribution in [3.05, 3.63) is 23.8 Å². The van der Waals surface area contributed by atoms with Crippen LogP contribution < -0.4 is 9.64 Å². The maximum Gasteiger partial charge on any atom is 0.414 e. The number of anilines is 1. The van der Waals surface area contributed by atoms with Gasteiger partial charge in [-0.05, 0) is 0 Å². The molecule has 1 unspecified atom stereocenters. The molecule has 1 aromatic carbocycles. The third-order valence-corrected chi connectivity index (χ3v) is 3.52. The van der Waals surface area contributed by atoms with Crippen LogP contribution in [0, 0.1) is 11.6 Å². The number of methoxy groups -OCH3 is 1. The number of halogens is 2. The molecule has 1 saturated heterocycles. The van der Waals surface area contributed by atoms with E-state index in [-0.39, 0.29) is 25.6 Å². The molecule has 2 rings (SSSR count). The van der Waals surface area contributed by atoms with Crippen molar-refractivity contribution in [2.45, 2.75) is 6.10 Å². The van der Waals surface area contributed by atoms with E-state index in [9.17, 15) is 22.0 Å². The molecule has 1 fully saturated rings. The maximum atomic E-state index is 13.9. The van der Waals surface area contributed by atoms with Gasteiger partial charge in [-0.3, -0.25) is 9.08 Å². The first-order chi connectivity index (χ1) is 11.2. The summed E-state index contributed by atoms with van der Waals surface area (Å²) in [6.45, 7) is -0.851. The van der Waals surface area contributed by atoms with Gasteiger partial charge in [-0.15, -0.1) is 0 Å². The molecule has 0 N–H and O–H groups in total. The Bertz CT molecular complexity index is 702. The van der Waals surface area contributed by atoms with Gasteiger partial charge in [0.25, 0.3) is 10.1 Å². The monoisotopic (exact) mass is 367 g/mol. The number of hydrogen-bond donors (Lipinski definition) is 0. The van der Waals surface area contributed by atoms with Gasteiger partial charge in [0.2, 0.25) is 0 Å². The zero-order valence-corrected chi connectivity index (χ0v) is 13.6. The largest absolute Gasteiger partial charge is 0.461 e. The fourth-order valence-corrected chi connectivity index (χ4v) is 2.38. The summed E-state index contributed by atoms with van der Waals surface area (Å²) in [7, 11) is -2.40. The van der Waals surface area contributed by atoms with Crippen molar-refractivity contribution in [2.75, 3.05) is 38.2 Å². The van der Waals surface area contributed by atoms with Crippen molar-refractivity contribution in [1.29, 1.82) is 0 Å². The summed E-state index contributed by atoms with van der Waals surface area (Å²) in [5.74, 6) is -2.68. The minimum absolute atomic E-state index is 0.0957. The first kappa shape index (κ1) is 18.4. The second-order valence-corrected chi connectivity index (χ2v) is 6.54. The third kappa shape index (κ3) is 4.52. The van der Waals surface area contributed by atoms with Gasteiger partial charge >= 0.3 is 6.09 Å². The number of amides is 1. The van der Waals surface area contributed by atoms with E-state index in [2.05, 4.69) is 8.92 Å². The van der Waals surface area contributed by atoms with Crippen LogP contribution >= 0.6 is 0 Å². The maximum absolute atomic E-state index is 13.9. The first-order valence-electron chi connectivity index (χ1n) is 6.64. The molecule has 1 heterocycles. The summed E-state index contributed by atoms with van der Waals surface area (Å²) in [6.07, 6.45) is -0.908. The van der Waals surface area contributed by atoms with Gasteiger partial charge in [0.05, 0.1) is 18.5 Å². The highest BCUT2D eigenvalue weighted by Gasteiger charge is 2.34. The van der Waals surface area contributed by atoms with Crippen molar-refractivity contribution in [1.82, 2.24) is 0 Å². The van der Waals surface area contributed by atoms with E-state index in [1.807, 2.05) is 0 Å². The molecule has 0 radical (unpaired) electrons. The molecular weight excluding hydrogens is 352 g/mol. The van der Waals surface area contributed by atoms with Gasteiger partial charge in [-0.2, -0.15) is 8.42 Å². The molecule has 1 amide bonds. The smallest absolute Gasteiger partial charge is 0.414 e. The number of hydrogen-bond acceptors (Lipinski definition) is 7. The van der Waals surface area contributed by atoms with Crippen LogP contribution in [0.3, 0.4) is 0 Å². The molecule has 8 nitrogen and oxygen atoms in total. The van der Waals surface area contributed by atoms with Gasteiger partial charge < -0.3 is 14.2 Å². The SMILES string of the molecule is COCOc1c(F)cc(N2CC(COS(C)(=O)=O)OC2=O)cc1F. The highest BCUT2D eigenvalue weighted by Crippen LogP contribution is 2.30. The van der Waals surface area contributed by atoms with E-state index < -0.39 is 39.7 Å². The van der Waals surface area contributed by atoms with Gasteiger partial charge in [-0.1, -0.05) is 0 Å². The van der Waals surface area contributed by atoms with Crippen molar-refractivity contribution in [2.24, 2.45) is 0 Å². The fraction of sp³-hybridized carbons (Fsp3) is 0.462. The van der Waals surface area contributed by atoms with E-state index >= 15 is 0 Å². The fourth-order valence-electron chi connectivity index (χ4n) is 1.98. The van der Waals surface area contributed by atoms with E-state index in [1.165, 1.54) is 7.11 Å². The second kappa shape index (κ2) is 7.28. The van der Waals surface area contributed by atoms with E-state index in [1.54, 1.807) is 0 Å². The number of cyclic esters (lactones) is 1. The Kier molecular flexibility index (Phi) is 5.57. The van der Waals surface area contributed by atoms with Gasteiger partial charge in [-0.25, -0.2) is 13.6 Å². The number of carbonyl (C=O) groups is 1. The molecule has 11 heteroatoms. The molecule has 1 aliphatic heterocycles. The highest BCUT2D eigenvalue weighted by molar-refractivity contribution is 7.85. The van der Waals surface area contributed by atoms with E-state index in [0.717, 1.165) is 23.3 Å². The summed E-state index contributed by atoms with van der Waals surface area (Å²) >= 11 is 0. The van der Waals surface area contributed by atoms with Crippen LogP contribution in [0.25, 0.3) is 0 Å². The Morgan fingerprint density at radius 2 is 1.96 bits per heavy atom. The van der Waals surface area contributed by atoms with Crippen LogP contribution in [0.2, 0.25) is 0 Å². The Morgan fingerprint density at radius 1 is 1.33 bits per heavy atom. The average Bonchev–Trinajstić information content (AvgIpc) is 2.85. The molecule has 0 aliphatic carbocycles. The topological polar surface area (TPSA) is 91.4 Å². The van der Waals surface area contributed by atoms with Crippen LogP contribution in [0.15, 0.2) is 12.1 Å². The number of ether oxygens (including phenoxy) is 3. The van der Waals surface area contributed by atoms with Crippen LogP contribution in [0.5, 0.6) is 5.75 Å². The molecule has 1 aliphatic rings. The van der Waals surface area contributed by atoms with Crippen molar-refractivity contribution in [3.8, 4) is 5.75 Å². The summed E-state index contributed by atoms with van der Waals surface area (Å²) in [6, 6.07) is 1.80. The lowest BCUT2D eigenvalue weighted by Crippen LogP contribution is -2.26. The Balaban J connectivity index is 2.12. The van der Waals surface area contributed by atoms with Crippen LogP contribution in [-0.2, 0) is 23.8 Å². The molecular formula is C13H15F2NO7S. The summed E-state index contributed by atoms with van der Waals surface area (Å²) in [5.41, 5.74) is -0.0957. The molecule has 0 bridgehead atoms. The zero-order chi connectivity index (χ0) is 17.9. The van der Waals surface area contributed by atoms with E-state index in [0.29, 0.717) is 0 Å². The molecule has 0 spiro atoms. The second-order valence-electron chi connectivity index (χ2n) is 4.89. The lowest BCUT2D eigenvalue weighted by Gasteiger charge is -2.15. The predicted octanol–water partition coefficient (Wildman–Crippen LogP) is 1.25. The number of carbonyl (C=O) groups excluding carboxylic acids is 1. The minimum atomic E-state index is -3.70. The summed E-state index contributed by atoms with van der Waals surface area (Å²) in [5, 5.41) is 0. The number of benzene rings is 1. The Labute approximate surface area is 137 Å². The number of rotatable bonds is 7.